The number of carbonyl (C=O) groups is 2. The summed E-state index contributed by atoms with van der Waals surface area (Å²) in [6.07, 6.45) is 8.50. The van der Waals surface area contributed by atoms with E-state index in [1.165, 1.54) is 31.3 Å². The minimum atomic E-state index is -0.207. The Kier molecular flexibility index (Phi) is 5.68. The zero-order chi connectivity index (χ0) is 16.8. The molecule has 1 aromatic rings. The van der Waals surface area contributed by atoms with Crippen LogP contribution >= 0.6 is 0 Å². The fraction of sp³-hybridized carbons (Fsp3) is 0.500. The molecule has 128 valence electrons. The third-order valence-electron chi connectivity index (χ3n) is 4.93. The van der Waals surface area contributed by atoms with Crippen molar-refractivity contribution in [3.63, 3.8) is 0 Å². The largest absolute Gasteiger partial charge is 0.355 e. The highest BCUT2D eigenvalue weighted by atomic mass is 16.2. The van der Waals surface area contributed by atoms with E-state index in [2.05, 4.69) is 11.4 Å². The van der Waals surface area contributed by atoms with E-state index < -0.39 is 0 Å². The molecule has 1 aliphatic carbocycles. The number of rotatable bonds is 6. The van der Waals surface area contributed by atoms with Gasteiger partial charge in [0.1, 0.15) is 0 Å². The number of benzene rings is 1. The molecule has 1 heterocycles. The van der Waals surface area contributed by atoms with Gasteiger partial charge in [0.2, 0.25) is 11.8 Å². The van der Waals surface area contributed by atoms with Crippen LogP contribution in [0, 0.1) is 5.92 Å². The van der Waals surface area contributed by atoms with Crippen molar-refractivity contribution in [2.24, 2.45) is 5.92 Å². The van der Waals surface area contributed by atoms with E-state index in [-0.39, 0.29) is 17.7 Å². The lowest BCUT2D eigenvalue weighted by molar-refractivity contribution is -0.129. The van der Waals surface area contributed by atoms with Crippen molar-refractivity contribution in [1.82, 2.24) is 10.2 Å². The van der Waals surface area contributed by atoms with Crippen LogP contribution in [0.3, 0.4) is 0 Å². The lowest BCUT2D eigenvalue weighted by Gasteiger charge is -2.17. The Hall–Kier alpha value is -2.10. The summed E-state index contributed by atoms with van der Waals surface area (Å²) >= 11 is 0. The van der Waals surface area contributed by atoms with E-state index in [9.17, 15) is 9.59 Å². The smallest absolute Gasteiger partial charge is 0.225 e. The second-order valence-electron chi connectivity index (χ2n) is 6.81. The molecular formula is C20H26N2O2. The topological polar surface area (TPSA) is 49.4 Å². The van der Waals surface area contributed by atoms with Crippen LogP contribution in [-0.4, -0.2) is 29.8 Å². The molecule has 3 rings (SSSR count). The zero-order valence-corrected chi connectivity index (χ0v) is 14.2. The summed E-state index contributed by atoms with van der Waals surface area (Å²) in [7, 11) is 0. The number of nitrogens with zero attached hydrogens (tertiary/aromatic N) is 1. The summed E-state index contributed by atoms with van der Waals surface area (Å²) < 4.78 is 0. The fourth-order valence-electron chi connectivity index (χ4n) is 3.53. The van der Waals surface area contributed by atoms with Gasteiger partial charge in [0.25, 0.3) is 0 Å². The molecule has 1 atom stereocenters. The van der Waals surface area contributed by atoms with Gasteiger partial charge in [0.05, 0.1) is 5.92 Å². The number of hydrogen-bond acceptors (Lipinski definition) is 2. The van der Waals surface area contributed by atoms with Gasteiger partial charge in [0.15, 0.2) is 0 Å². The molecule has 0 saturated carbocycles. The standard InChI is InChI=1S/C20H26N2O2/c23-19-13-18(15-22(19)14-17-9-5-2-6-10-17)20(24)21-12-11-16-7-3-1-4-8-16/h2,5-7,9-10,18H,1,3-4,8,11-15H2,(H,21,24)/t18-/m0/s1. The molecule has 1 N–H and O–H groups in total. The van der Waals surface area contributed by atoms with Crippen molar-refractivity contribution in [2.75, 3.05) is 13.1 Å². The third-order valence-corrected chi connectivity index (χ3v) is 4.93. The molecule has 1 aromatic carbocycles. The Labute approximate surface area is 143 Å². The molecule has 0 spiro atoms. The maximum absolute atomic E-state index is 12.3. The van der Waals surface area contributed by atoms with Crippen LogP contribution in [0.25, 0.3) is 0 Å². The van der Waals surface area contributed by atoms with Gasteiger partial charge < -0.3 is 10.2 Å². The molecule has 4 nitrogen and oxygen atoms in total. The quantitative estimate of drug-likeness (QED) is 0.817. The monoisotopic (exact) mass is 326 g/mol. The highest BCUT2D eigenvalue weighted by molar-refractivity contribution is 5.89. The van der Waals surface area contributed by atoms with Crippen molar-refractivity contribution in [2.45, 2.75) is 45.1 Å². The SMILES string of the molecule is O=C(NCCC1=CCCCC1)[C@H]1CC(=O)N(Cc2ccccc2)C1. The van der Waals surface area contributed by atoms with Crippen molar-refractivity contribution < 1.29 is 9.59 Å². The van der Waals surface area contributed by atoms with Crippen LogP contribution in [0.15, 0.2) is 42.0 Å². The predicted molar refractivity (Wildman–Crippen MR) is 94.1 cm³/mol. The van der Waals surface area contributed by atoms with Gasteiger partial charge in [-0.15, -0.1) is 0 Å². The first-order valence-corrected chi connectivity index (χ1v) is 8.99. The van der Waals surface area contributed by atoms with E-state index in [4.69, 9.17) is 0 Å². The average Bonchev–Trinajstić information content (AvgIpc) is 2.97. The van der Waals surface area contributed by atoms with E-state index in [0.717, 1.165) is 12.0 Å². The Balaban J connectivity index is 1.44. The van der Waals surface area contributed by atoms with E-state index >= 15 is 0 Å². The van der Waals surface area contributed by atoms with E-state index in [0.29, 0.717) is 26.1 Å². The molecule has 2 amide bonds. The minimum absolute atomic E-state index is 0.0234. The van der Waals surface area contributed by atoms with Crippen LogP contribution in [0.4, 0.5) is 0 Å². The predicted octanol–water partition coefficient (Wildman–Crippen LogP) is 3.04. The molecule has 0 unspecified atom stereocenters. The second-order valence-corrected chi connectivity index (χ2v) is 6.81. The lowest BCUT2D eigenvalue weighted by atomic mass is 9.97. The number of allylic oxidation sites excluding steroid dienone is 1. The molecule has 1 fully saturated rings. The van der Waals surface area contributed by atoms with E-state index in [1.54, 1.807) is 4.90 Å². The normalized spacial score (nSPS) is 20.8. The van der Waals surface area contributed by atoms with Gasteiger partial charge in [-0.1, -0.05) is 42.0 Å². The Morgan fingerprint density at radius 3 is 2.79 bits per heavy atom. The summed E-state index contributed by atoms with van der Waals surface area (Å²) in [5.74, 6) is -0.106. The Morgan fingerprint density at radius 2 is 2.04 bits per heavy atom. The van der Waals surface area contributed by atoms with Crippen LogP contribution in [-0.2, 0) is 16.1 Å². The van der Waals surface area contributed by atoms with Crippen LogP contribution < -0.4 is 5.32 Å². The van der Waals surface area contributed by atoms with Crippen molar-refractivity contribution in [3.05, 3.63) is 47.5 Å². The van der Waals surface area contributed by atoms with Gasteiger partial charge in [-0.3, -0.25) is 9.59 Å². The minimum Gasteiger partial charge on any atom is -0.355 e. The van der Waals surface area contributed by atoms with Crippen molar-refractivity contribution >= 4 is 11.8 Å². The first-order valence-electron chi connectivity index (χ1n) is 8.99. The number of hydrogen-bond donors (Lipinski definition) is 1. The highest BCUT2D eigenvalue weighted by Crippen LogP contribution is 2.21. The molecule has 0 aromatic heterocycles. The lowest BCUT2D eigenvalue weighted by Crippen LogP contribution is -2.33. The van der Waals surface area contributed by atoms with Crippen molar-refractivity contribution in [1.29, 1.82) is 0 Å². The third kappa shape index (κ3) is 4.47. The molecular weight excluding hydrogens is 300 g/mol. The number of amides is 2. The number of carbonyl (C=O) groups excluding carboxylic acids is 2. The first-order chi connectivity index (χ1) is 11.7. The molecule has 2 aliphatic rings. The second kappa shape index (κ2) is 8.13. The Bertz CT molecular complexity index is 609. The molecule has 24 heavy (non-hydrogen) atoms. The van der Waals surface area contributed by atoms with Crippen molar-refractivity contribution in [3.8, 4) is 0 Å². The molecule has 0 bridgehead atoms. The maximum atomic E-state index is 12.3. The first kappa shape index (κ1) is 16.7. The number of likely N-dealkylation sites (tertiary alicyclic amines) is 1. The van der Waals surface area contributed by atoms with Crippen LogP contribution in [0.1, 0.15) is 44.1 Å². The van der Waals surface area contributed by atoms with Crippen LogP contribution in [0.2, 0.25) is 0 Å². The number of nitrogens with one attached hydrogen (secondary N) is 1. The van der Waals surface area contributed by atoms with E-state index in [1.807, 2.05) is 30.3 Å². The Morgan fingerprint density at radius 1 is 1.21 bits per heavy atom. The van der Waals surface area contributed by atoms with Gasteiger partial charge in [-0.05, 0) is 37.7 Å². The molecule has 4 heteroatoms. The summed E-state index contributed by atoms with van der Waals surface area (Å²) in [6.45, 7) is 1.81. The molecule has 1 aliphatic heterocycles. The molecule has 0 radical (unpaired) electrons. The summed E-state index contributed by atoms with van der Waals surface area (Å²) in [5, 5.41) is 3.02. The average molecular weight is 326 g/mol. The molecule has 1 saturated heterocycles. The maximum Gasteiger partial charge on any atom is 0.225 e. The zero-order valence-electron chi connectivity index (χ0n) is 14.2. The summed E-state index contributed by atoms with van der Waals surface area (Å²) in [5.41, 5.74) is 2.57. The van der Waals surface area contributed by atoms with Crippen LogP contribution in [0.5, 0.6) is 0 Å². The van der Waals surface area contributed by atoms with Gasteiger partial charge in [-0.2, -0.15) is 0 Å². The highest BCUT2D eigenvalue weighted by Gasteiger charge is 2.33. The fourth-order valence-corrected chi connectivity index (χ4v) is 3.53. The van der Waals surface area contributed by atoms with Gasteiger partial charge in [0, 0.05) is 26.1 Å². The summed E-state index contributed by atoms with van der Waals surface area (Å²) in [6, 6.07) is 9.94. The summed E-state index contributed by atoms with van der Waals surface area (Å²) in [4.78, 5) is 26.3. The van der Waals surface area contributed by atoms with Gasteiger partial charge >= 0.3 is 0 Å². The van der Waals surface area contributed by atoms with Gasteiger partial charge in [-0.25, -0.2) is 0 Å².